The molecule has 1 saturated carbocycles. The van der Waals surface area contributed by atoms with Crippen LogP contribution in [0.1, 0.15) is 26.2 Å². The molecule has 21 heavy (non-hydrogen) atoms. The molecule has 0 bridgehead atoms. The molecule has 0 aromatic heterocycles. The molecule has 0 aromatic carbocycles. The zero-order valence-electron chi connectivity index (χ0n) is 11.4. The Kier molecular flexibility index (Phi) is 4.05. The van der Waals surface area contributed by atoms with Crippen molar-refractivity contribution in [3.8, 4) is 0 Å². The topological polar surface area (TPSA) is 87.7 Å². The lowest BCUT2D eigenvalue weighted by Gasteiger charge is -2.29. The van der Waals surface area contributed by atoms with Crippen LogP contribution in [-0.4, -0.2) is 47.6 Å². The molecule has 3 unspecified atom stereocenters. The summed E-state index contributed by atoms with van der Waals surface area (Å²) in [5.41, 5.74) is -3.33. The SMILES string of the molecule is CC(NC(=O)NC1CCOC1C1CC1)(C(=O)O)C(F)(F)F. The Balaban J connectivity index is 1.98. The molecule has 0 aromatic rings. The van der Waals surface area contributed by atoms with Crippen LogP contribution in [0.2, 0.25) is 0 Å². The Labute approximate surface area is 119 Å². The predicted octanol–water partition coefficient (Wildman–Crippen LogP) is 1.26. The molecule has 3 N–H and O–H groups in total. The Morgan fingerprint density at radius 2 is 1.86 bits per heavy atom. The molecule has 3 atom stereocenters. The van der Waals surface area contributed by atoms with Crippen LogP contribution in [0.5, 0.6) is 0 Å². The zero-order chi connectivity index (χ0) is 15.8. The predicted molar refractivity (Wildman–Crippen MR) is 64.6 cm³/mol. The molecule has 2 amide bonds. The number of rotatable bonds is 4. The summed E-state index contributed by atoms with van der Waals surface area (Å²) in [5, 5.41) is 12.6. The Hall–Kier alpha value is -1.51. The Morgan fingerprint density at radius 3 is 2.33 bits per heavy atom. The van der Waals surface area contributed by atoms with Crippen molar-refractivity contribution in [3.05, 3.63) is 0 Å². The van der Waals surface area contributed by atoms with Gasteiger partial charge in [0.2, 0.25) is 5.54 Å². The van der Waals surface area contributed by atoms with E-state index in [1.165, 1.54) is 5.32 Å². The van der Waals surface area contributed by atoms with Crippen LogP contribution in [0.4, 0.5) is 18.0 Å². The van der Waals surface area contributed by atoms with Crippen LogP contribution in [-0.2, 0) is 9.53 Å². The van der Waals surface area contributed by atoms with E-state index >= 15 is 0 Å². The highest BCUT2D eigenvalue weighted by atomic mass is 19.4. The third kappa shape index (κ3) is 3.22. The van der Waals surface area contributed by atoms with Gasteiger partial charge in [0.25, 0.3) is 0 Å². The molecule has 2 aliphatic rings. The first-order valence-electron chi connectivity index (χ1n) is 6.65. The Morgan fingerprint density at radius 1 is 1.24 bits per heavy atom. The van der Waals surface area contributed by atoms with Gasteiger partial charge in [0.1, 0.15) is 0 Å². The molecule has 120 valence electrons. The number of amides is 2. The molecular formula is C12H17F3N2O4. The number of carbonyl (C=O) groups excluding carboxylic acids is 1. The van der Waals surface area contributed by atoms with Crippen molar-refractivity contribution in [3.63, 3.8) is 0 Å². The van der Waals surface area contributed by atoms with Crippen LogP contribution in [0.15, 0.2) is 0 Å². The van der Waals surface area contributed by atoms with Crippen LogP contribution >= 0.6 is 0 Å². The van der Waals surface area contributed by atoms with Gasteiger partial charge < -0.3 is 20.5 Å². The van der Waals surface area contributed by atoms with Crippen LogP contribution in [0.25, 0.3) is 0 Å². The van der Waals surface area contributed by atoms with Crippen molar-refractivity contribution in [2.75, 3.05) is 6.61 Å². The van der Waals surface area contributed by atoms with E-state index in [1.54, 1.807) is 0 Å². The number of carboxylic acids is 1. The van der Waals surface area contributed by atoms with E-state index < -0.39 is 23.7 Å². The van der Waals surface area contributed by atoms with Crippen molar-refractivity contribution < 1.29 is 32.6 Å². The smallest absolute Gasteiger partial charge is 0.422 e. The molecule has 1 aliphatic heterocycles. The van der Waals surface area contributed by atoms with E-state index in [4.69, 9.17) is 9.84 Å². The average Bonchev–Trinajstić information content (AvgIpc) is 3.08. The van der Waals surface area contributed by atoms with Gasteiger partial charge >= 0.3 is 18.2 Å². The maximum atomic E-state index is 12.8. The second-order valence-electron chi connectivity index (χ2n) is 5.59. The normalized spacial score (nSPS) is 28.8. The van der Waals surface area contributed by atoms with Crippen molar-refractivity contribution >= 4 is 12.0 Å². The molecule has 1 aliphatic carbocycles. The first kappa shape index (κ1) is 15.9. The van der Waals surface area contributed by atoms with Crippen LogP contribution in [0.3, 0.4) is 0 Å². The van der Waals surface area contributed by atoms with E-state index in [0.717, 1.165) is 12.8 Å². The number of hydrogen-bond acceptors (Lipinski definition) is 3. The van der Waals surface area contributed by atoms with Gasteiger partial charge in [-0.25, -0.2) is 9.59 Å². The van der Waals surface area contributed by atoms with Gasteiger partial charge in [-0.3, -0.25) is 0 Å². The standard InChI is InChI=1S/C12H17F3N2O4/c1-11(9(18)19,12(13,14)15)17-10(20)16-7-4-5-21-8(7)6-2-3-6/h6-8H,2-5H2,1H3,(H,18,19)(H2,16,17,20). The summed E-state index contributed by atoms with van der Waals surface area (Å²) in [7, 11) is 0. The molecule has 6 nitrogen and oxygen atoms in total. The number of aliphatic carboxylic acids is 1. The zero-order valence-corrected chi connectivity index (χ0v) is 11.4. The van der Waals surface area contributed by atoms with Crippen LogP contribution in [0, 0.1) is 5.92 Å². The molecule has 2 fully saturated rings. The van der Waals surface area contributed by atoms with Crippen molar-refractivity contribution in [2.45, 2.75) is 50.0 Å². The van der Waals surface area contributed by atoms with E-state index in [1.807, 2.05) is 0 Å². The number of ether oxygens (including phenoxy) is 1. The minimum absolute atomic E-state index is 0.197. The fourth-order valence-corrected chi connectivity index (χ4v) is 2.33. The first-order valence-corrected chi connectivity index (χ1v) is 6.65. The fraction of sp³-hybridized carbons (Fsp3) is 0.833. The summed E-state index contributed by atoms with van der Waals surface area (Å²) in [6, 6.07) is -1.54. The quantitative estimate of drug-likeness (QED) is 0.729. The molecule has 1 saturated heterocycles. The number of carbonyl (C=O) groups is 2. The van der Waals surface area contributed by atoms with Crippen molar-refractivity contribution in [1.82, 2.24) is 10.6 Å². The maximum Gasteiger partial charge on any atom is 0.422 e. The number of carboxylic acid groups (broad SMARTS) is 1. The lowest BCUT2D eigenvalue weighted by atomic mass is 10.0. The van der Waals surface area contributed by atoms with Gasteiger partial charge in [-0.1, -0.05) is 0 Å². The Bertz CT molecular complexity index is 439. The molecule has 0 radical (unpaired) electrons. The summed E-state index contributed by atoms with van der Waals surface area (Å²) in [4.78, 5) is 22.5. The third-order valence-corrected chi connectivity index (χ3v) is 3.90. The molecule has 9 heteroatoms. The largest absolute Gasteiger partial charge is 0.479 e. The maximum absolute atomic E-state index is 12.8. The summed E-state index contributed by atoms with van der Waals surface area (Å²) in [5.74, 6) is -1.84. The molecule has 2 rings (SSSR count). The highest BCUT2D eigenvalue weighted by Gasteiger charge is 2.58. The molecular weight excluding hydrogens is 293 g/mol. The minimum Gasteiger partial charge on any atom is -0.479 e. The lowest BCUT2D eigenvalue weighted by Crippen LogP contribution is -2.64. The number of halogens is 3. The minimum atomic E-state index is -5.10. The summed E-state index contributed by atoms with van der Waals surface area (Å²) < 4.78 is 43.8. The number of alkyl halides is 3. The highest BCUT2D eigenvalue weighted by Crippen LogP contribution is 2.38. The second kappa shape index (κ2) is 5.36. The van der Waals surface area contributed by atoms with E-state index in [0.29, 0.717) is 25.9 Å². The number of nitrogens with one attached hydrogen (secondary N) is 2. The summed E-state index contributed by atoms with van der Waals surface area (Å²) >= 11 is 0. The lowest BCUT2D eigenvalue weighted by molar-refractivity contribution is -0.203. The van der Waals surface area contributed by atoms with Gasteiger partial charge in [0, 0.05) is 6.61 Å². The summed E-state index contributed by atoms with van der Waals surface area (Å²) in [6.07, 6.45) is -2.85. The summed E-state index contributed by atoms with van der Waals surface area (Å²) in [6.45, 7) is 0.847. The average molecular weight is 310 g/mol. The van der Waals surface area contributed by atoms with Gasteiger partial charge in [-0.2, -0.15) is 13.2 Å². The van der Waals surface area contributed by atoms with E-state index in [-0.39, 0.29) is 12.1 Å². The first-order chi connectivity index (χ1) is 9.65. The fourth-order valence-electron chi connectivity index (χ4n) is 2.33. The molecule has 0 spiro atoms. The van der Waals surface area contributed by atoms with Gasteiger partial charge in [-0.05, 0) is 32.1 Å². The van der Waals surface area contributed by atoms with E-state index in [2.05, 4.69) is 5.32 Å². The monoisotopic (exact) mass is 310 g/mol. The number of hydrogen-bond donors (Lipinski definition) is 3. The van der Waals surface area contributed by atoms with Gasteiger partial charge in [-0.15, -0.1) is 0 Å². The van der Waals surface area contributed by atoms with Crippen molar-refractivity contribution in [1.29, 1.82) is 0 Å². The van der Waals surface area contributed by atoms with Gasteiger partial charge in [0.15, 0.2) is 0 Å². The van der Waals surface area contributed by atoms with Crippen LogP contribution < -0.4 is 10.6 Å². The van der Waals surface area contributed by atoms with Gasteiger partial charge in [0.05, 0.1) is 12.1 Å². The highest BCUT2D eigenvalue weighted by molar-refractivity contribution is 5.86. The number of urea groups is 1. The molecule has 1 heterocycles. The van der Waals surface area contributed by atoms with E-state index in [9.17, 15) is 22.8 Å². The van der Waals surface area contributed by atoms with Crippen molar-refractivity contribution in [2.24, 2.45) is 5.92 Å². The second-order valence-corrected chi connectivity index (χ2v) is 5.59. The third-order valence-electron chi connectivity index (χ3n) is 3.90.